The van der Waals surface area contributed by atoms with Gasteiger partial charge in [0.25, 0.3) is 0 Å². The average molecular weight is 316 g/mol. The molecule has 0 amide bonds. The molecule has 0 heterocycles. The van der Waals surface area contributed by atoms with Crippen LogP contribution >= 0.6 is 11.8 Å². The minimum absolute atomic E-state index is 0.0728. The number of para-hydroxylation sites is 2. The second-order valence-electron chi connectivity index (χ2n) is 3.96. The molecule has 112 valence electrons. The van der Waals surface area contributed by atoms with Crippen LogP contribution < -0.4 is 15.2 Å². The molecule has 1 aromatic carbocycles. The largest absolute Gasteiger partial charge is 0.490 e. The summed E-state index contributed by atoms with van der Waals surface area (Å²) in [4.78, 5) is 0. The summed E-state index contributed by atoms with van der Waals surface area (Å²) in [7, 11) is -3.31. The van der Waals surface area contributed by atoms with Gasteiger partial charge < -0.3 is 10.5 Å². The van der Waals surface area contributed by atoms with E-state index in [0.29, 0.717) is 18.0 Å². The van der Waals surface area contributed by atoms with Crippen LogP contribution in [0.3, 0.4) is 0 Å². The number of rotatable bonds is 10. The van der Waals surface area contributed by atoms with Crippen LogP contribution in [0.25, 0.3) is 0 Å². The summed E-state index contributed by atoms with van der Waals surface area (Å²) in [6.07, 6.45) is 1.79. The van der Waals surface area contributed by atoms with Gasteiger partial charge in [0.1, 0.15) is 12.4 Å². The number of nitrogens with two attached hydrogens (primary N) is 1. The summed E-state index contributed by atoms with van der Waals surface area (Å²) in [5.74, 6) is 1.95. The van der Waals surface area contributed by atoms with Gasteiger partial charge in [-0.1, -0.05) is 18.2 Å². The number of nitrogen functional groups attached to an aromatic ring is 1. The summed E-state index contributed by atoms with van der Waals surface area (Å²) in [5.41, 5.74) is 6.19. The average Bonchev–Trinajstić information content (AvgIpc) is 2.40. The van der Waals surface area contributed by atoms with E-state index < -0.39 is 10.0 Å². The third-order valence-electron chi connectivity index (χ3n) is 2.33. The first-order valence-electron chi connectivity index (χ1n) is 6.18. The summed E-state index contributed by atoms with van der Waals surface area (Å²) in [6, 6.07) is 7.00. The lowest BCUT2D eigenvalue weighted by Crippen LogP contribution is -2.30. The normalized spacial score (nSPS) is 11.2. The lowest BCUT2D eigenvalue weighted by atomic mass is 10.3. The first kappa shape index (κ1) is 16.9. The van der Waals surface area contributed by atoms with Crippen molar-refractivity contribution in [3.63, 3.8) is 0 Å². The van der Waals surface area contributed by atoms with Gasteiger partial charge in [-0.25, -0.2) is 13.1 Å². The van der Waals surface area contributed by atoms with E-state index in [1.807, 2.05) is 0 Å². The fourth-order valence-corrected chi connectivity index (χ4v) is 2.95. The molecular formula is C13H20N2O3S2. The van der Waals surface area contributed by atoms with Crippen LogP contribution in [0.5, 0.6) is 5.75 Å². The highest BCUT2D eigenvalue weighted by Gasteiger charge is 2.10. The molecule has 0 aliphatic carbocycles. The Morgan fingerprint density at radius 3 is 2.85 bits per heavy atom. The van der Waals surface area contributed by atoms with E-state index in [4.69, 9.17) is 10.5 Å². The molecule has 0 saturated carbocycles. The zero-order valence-electron chi connectivity index (χ0n) is 11.2. The monoisotopic (exact) mass is 316 g/mol. The maximum Gasteiger partial charge on any atom is 0.214 e. The van der Waals surface area contributed by atoms with Crippen LogP contribution in [0, 0.1) is 0 Å². The summed E-state index contributed by atoms with van der Waals surface area (Å²) in [5, 5.41) is 0. The quantitative estimate of drug-likeness (QED) is 0.388. The molecule has 20 heavy (non-hydrogen) atoms. The molecule has 0 aliphatic rings. The summed E-state index contributed by atoms with van der Waals surface area (Å²) in [6.45, 7) is 4.08. The first-order chi connectivity index (χ1) is 9.55. The maximum absolute atomic E-state index is 11.7. The topological polar surface area (TPSA) is 81.4 Å². The van der Waals surface area contributed by atoms with Gasteiger partial charge in [-0.3, -0.25) is 0 Å². The van der Waals surface area contributed by atoms with Gasteiger partial charge in [0.05, 0.1) is 11.4 Å². The number of sulfonamides is 1. The van der Waals surface area contributed by atoms with Crippen LogP contribution in [0.15, 0.2) is 36.9 Å². The highest BCUT2D eigenvalue weighted by atomic mass is 32.2. The Kier molecular flexibility index (Phi) is 7.50. The van der Waals surface area contributed by atoms with Crippen molar-refractivity contribution < 1.29 is 13.2 Å². The van der Waals surface area contributed by atoms with Gasteiger partial charge in [-0.05, 0) is 12.1 Å². The van der Waals surface area contributed by atoms with E-state index in [1.54, 1.807) is 42.1 Å². The number of hydrogen-bond donors (Lipinski definition) is 2. The first-order valence-corrected chi connectivity index (χ1v) is 8.99. The fourth-order valence-electron chi connectivity index (χ4n) is 1.38. The van der Waals surface area contributed by atoms with Gasteiger partial charge in [-0.2, -0.15) is 11.8 Å². The van der Waals surface area contributed by atoms with Crippen molar-refractivity contribution in [2.75, 3.05) is 36.1 Å². The molecule has 0 bridgehead atoms. The van der Waals surface area contributed by atoms with Crippen LogP contribution in [0.4, 0.5) is 5.69 Å². The Bertz CT molecular complexity index is 518. The van der Waals surface area contributed by atoms with E-state index in [-0.39, 0.29) is 12.4 Å². The molecule has 0 aliphatic heterocycles. The van der Waals surface area contributed by atoms with Crippen LogP contribution in [0.1, 0.15) is 0 Å². The van der Waals surface area contributed by atoms with Gasteiger partial charge in [-0.15, -0.1) is 6.58 Å². The predicted octanol–water partition coefficient (Wildman–Crippen LogP) is 1.49. The van der Waals surface area contributed by atoms with Gasteiger partial charge in [0.2, 0.25) is 10.0 Å². The van der Waals surface area contributed by atoms with Crippen molar-refractivity contribution in [3.8, 4) is 5.75 Å². The van der Waals surface area contributed by atoms with Crippen LogP contribution in [-0.2, 0) is 10.0 Å². The third kappa shape index (κ3) is 6.83. The maximum atomic E-state index is 11.7. The van der Waals surface area contributed by atoms with Crippen molar-refractivity contribution in [1.82, 2.24) is 4.72 Å². The van der Waals surface area contributed by atoms with E-state index in [0.717, 1.165) is 11.5 Å². The standard InChI is InChI=1S/C13H20N2O3S2/c1-2-9-19-10-7-15-20(16,17)11-8-18-13-6-4-3-5-12(13)14/h2-6,15H,1,7-11,14H2. The Hall–Kier alpha value is -1.18. The Balaban J connectivity index is 2.26. The number of ether oxygens (including phenoxy) is 1. The van der Waals surface area contributed by atoms with E-state index in [1.165, 1.54) is 0 Å². The highest BCUT2D eigenvalue weighted by Crippen LogP contribution is 2.19. The molecule has 0 radical (unpaired) electrons. The van der Waals surface area contributed by atoms with Gasteiger partial charge in [0, 0.05) is 18.1 Å². The summed E-state index contributed by atoms with van der Waals surface area (Å²) < 4.78 is 31.3. The number of anilines is 1. The second kappa shape index (κ2) is 8.89. The zero-order valence-corrected chi connectivity index (χ0v) is 12.9. The van der Waals surface area contributed by atoms with Crippen molar-refractivity contribution in [3.05, 3.63) is 36.9 Å². The minimum Gasteiger partial charge on any atom is -0.490 e. The Morgan fingerprint density at radius 1 is 1.40 bits per heavy atom. The van der Waals surface area contributed by atoms with Gasteiger partial charge in [0.15, 0.2) is 0 Å². The highest BCUT2D eigenvalue weighted by molar-refractivity contribution is 7.99. The van der Waals surface area contributed by atoms with Gasteiger partial charge >= 0.3 is 0 Å². The molecule has 1 rings (SSSR count). The van der Waals surface area contributed by atoms with E-state index >= 15 is 0 Å². The number of nitrogens with one attached hydrogen (secondary N) is 1. The smallest absolute Gasteiger partial charge is 0.214 e. The molecule has 0 unspecified atom stereocenters. The molecule has 1 aromatic rings. The Morgan fingerprint density at radius 2 is 2.15 bits per heavy atom. The van der Waals surface area contributed by atoms with Crippen LogP contribution in [-0.4, -0.2) is 38.8 Å². The van der Waals surface area contributed by atoms with Crippen molar-refractivity contribution in [2.45, 2.75) is 0 Å². The molecule has 3 N–H and O–H groups in total. The molecule has 5 nitrogen and oxygen atoms in total. The van der Waals surface area contributed by atoms with Crippen molar-refractivity contribution >= 4 is 27.5 Å². The molecule has 0 saturated heterocycles. The summed E-state index contributed by atoms with van der Waals surface area (Å²) >= 11 is 1.62. The SMILES string of the molecule is C=CCSCCNS(=O)(=O)CCOc1ccccc1N. The van der Waals surface area contributed by atoms with Crippen molar-refractivity contribution in [1.29, 1.82) is 0 Å². The predicted molar refractivity (Wildman–Crippen MR) is 85.7 cm³/mol. The van der Waals surface area contributed by atoms with Crippen molar-refractivity contribution in [2.24, 2.45) is 0 Å². The molecule has 0 aromatic heterocycles. The lowest BCUT2D eigenvalue weighted by molar-refractivity contribution is 0.342. The lowest BCUT2D eigenvalue weighted by Gasteiger charge is -2.09. The zero-order chi connectivity index (χ0) is 14.8. The number of benzene rings is 1. The second-order valence-corrected chi connectivity index (χ2v) is 7.04. The molecule has 0 spiro atoms. The third-order valence-corrected chi connectivity index (χ3v) is 4.64. The minimum atomic E-state index is -3.31. The molecule has 0 fully saturated rings. The fraction of sp³-hybridized carbons (Fsp3) is 0.385. The molecular weight excluding hydrogens is 296 g/mol. The number of hydrogen-bond acceptors (Lipinski definition) is 5. The van der Waals surface area contributed by atoms with Crippen LogP contribution in [0.2, 0.25) is 0 Å². The van der Waals surface area contributed by atoms with E-state index in [9.17, 15) is 8.42 Å². The molecule has 7 heteroatoms. The number of thioether (sulfide) groups is 1. The Labute approximate surface area is 124 Å². The van der Waals surface area contributed by atoms with E-state index in [2.05, 4.69) is 11.3 Å². The molecule has 0 atom stereocenters.